The van der Waals surface area contributed by atoms with Gasteiger partial charge in [0.05, 0.1) is 6.61 Å². The molecule has 2 rings (SSSR count). The minimum atomic E-state index is 0.0489. The average Bonchev–Trinajstić information content (AvgIpc) is 2.70. The van der Waals surface area contributed by atoms with Crippen LogP contribution in [0.4, 0.5) is 5.69 Å². The molecule has 1 amide bonds. The van der Waals surface area contributed by atoms with E-state index in [0.29, 0.717) is 38.8 Å². The molecule has 0 radical (unpaired) electrons. The fraction of sp³-hybridized carbons (Fsp3) is 0.579. The fourth-order valence-electron chi connectivity index (χ4n) is 2.84. The van der Waals surface area contributed by atoms with Crippen LogP contribution in [0.1, 0.15) is 13.8 Å². The second-order valence-corrected chi connectivity index (χ2v) is 6.60. The zero-order chi connectivity index (χ0) is 19.5. The van der Waals surface area contributed by atoms with Crippen LogP contribution in [0.5, 0.6) is 0 Å². The maximum absolute atomic E-state index is 12.5. The molecule has 0 aliphatic carbocycles. The van der Waals surface area contributed by atoms with Crippen molar-refractivity contribution in [2.24, 2.45) is 4.99 Å². The highest BCUT2D eigenvalue weighted by atomic mass is 35.5. The molecule has 1 aliphatic rings. The van der Waals surface area contributed by atoms with Crippen molar-refractivity contribution in [2.75, 3.05) is 63.9 Å². The molecule has 0 aromatic heterocycles. The summed E-state index contributed by atoms with van der Waals surface area (Å²) < 4.78 is 5.30. The zero-order valence-corrected chi connectivity index (χ0v) is 17.0. The highest BCUT2D eigenvalue weighted by Crippen LogP contribution is 2.19. The van der Waals surface area contributed by atoms with Crippen LogP contribution in [0, 0.1) is 0 Å². The SMILES string of the molecule is CCNC(=NCC(=O)N1CCN(c2ccc(Cl)cc2)CC1)NCCOCC. The lowest BCUT2D eigenvalue weighted by Gasteiger charge is -2.36. The maximum atomic E-state index is 12.5. The molecule has 1 fully saturated rings. The quantitative estimate of drug-likeness (QED) is 0.397. The van der Waals surface area contributed by atoms with Gasteiger partial charge in [-0.25, -0.2) is 4.99 Å². The summed E-state index contributed by atoms with van der Waals surface area (Å²) in [5, 5.41) is 7.05. The standard InChI is InChI=1S/C19H30ClN5O2/c1-3-21-19(22-9-14-27-4-2)23-15-18(26)25-12-10-24(11-13-25)17-7-5-16(20)6-8-17/h5-8H,3-4,9-15H2,1-2H3,(H2,21,22,23). The van der Waals surface area contributed by atoms with Gasteiger partial charge in [-0.3, -0.25) is 4.79 Å². The van der Waals surface area contributed by atoms with Crippen molar-refractivity contribution in [3.05, 3.63) is 29.3 Å². The Bertz CT molecular complexity index is 601. The number of nitrogens with zero attached hydrogens (tertiary/aromatic N) is 3. The van der Waals surface area contributed by atoms with E-state index in [4.69, 9.17) is 16.3 Å². The molecule has 1 aromatic carbocycles. The Morgan fingerprint density at radius 3 is 2.48 bits per heavy atom. The number of hydrogen-bond acceptors (Lipinski definition) is 4. The molecule has 0 bridgehead atoms. The molecule has 2 N–H and O–H groups in total. The lowest BCUT2D eigenvalue weighted by atomic mass is 10.2. The smallest absolute Gasteiger partial charge is 0.244 e. The number of rotatable bonds is 8. The predicted octanol–water partition coefficient (Wildman–Crippen LogP) is 1.58. The minimum Gasteiger partial charge on any atom is -0.380 e. The van der Waals surface area contributed by atoms with Gasteiger partial charge < -0.3 is 25.2 Å². The first kappa shape index (κ1) is 21.3. The second kappa shape index (κ2) is 11.7. The number of carbonyl (C=O) groups excluding carboxylic acids is 1. The average molecular weight is 396 g/mol. The summed E-state index contributed by atoms with van der Waals surface area (Å²) in [5.74, 6) is 0.693. The monoisotopic (exact) mass is 395 g/mol. The topological polar surface area (TPSA) is 69.2 Å². The van der Waals surface area contributed by atoms with E-state index in [0.717, 1.165) is 30.3 Å². The molecule has 1 heterocycles. The first-order chi connectivity index (χ1) is 13.1. The molecule has 8 heteroatoms. The van der Waals surface area contributed by atoms with Crippen molar-refractivity contribution >= 4 is 29.2 Å². The largest absolute Gasteiger partial charge is 0.380 e. The number of amides is 1. The van der Waals surface area contributed by atoms with Crippen molar-refractivity contribution in [3.63, 3.8) is 0 Å². The predicted molar refractivity (Wildman–Crippen MR) is 111 cm³/mol. The van der Waals surface area contributed by atoms with Crippen molar-refractivity contribution in [1.29, 1.82) is 0 Å². The molecule has 0 unspecified atom stereocenters. The van der Waals surface area contributed by atoms with Crippen molar-refractivity contribution in [3.8, 4) is 0 Å². The lowest BCUT2D eigenvalue weighted by Crippen LogP contribution is -2.49. The Labute approximate surface area is 166 Å². The summed E-state index contributed by atoms with van der Waals surface area (Å²) in [6.45, 7) is 9.83. The van der Waals surface area contributed by atoms with Crippen molar-refractivity contribution in [1.82, 2.24) is 15.5 Å². The van der Waals surface area contributed by atoms with E-state index in [9.17, 15) is 4.79 Å². The van der Waals surface area contributed by atoms with Crippen LogP contribution in [-0.2, 0) is 9.53 Å². The number of halogens is 1. The first-order valence-corrected chi connectivity index (χ1v) is 9.90. The molecule has 1 aliphatic heterocycles. The molecular weight excluding hydrogens is 366 g/mol. The molecule has 150 valence electrons. The normalized spacial score (nSPS) is 15.0. The van der Waals surface area contributed by atoms with Gasteiger partial charge in [-0.2, -0.15) is 0 Å². The van der Waals surface area contributed by atoms with Crippen LogP contribution >= 0.6 is 11.6 Å². The Balaban J connectivity index is 1.79. The third-order valence-corrected chi connectivity index (χ3v) is 4.54. The van der Waals surface area contributed by atoms with Crippen LogP contribution in [-0.4, -0.2) is 75.8 Å². The Morgan fingerprint density at radius 1 is 1.15 bits per heavy atom. The van der Waals surface area contributed by atoms with E-state index in [2.05, 4.69) is 20.5 Å². The van der Waals surface area contributed by atoms with Crippen LogP contribution in [0.3, 0.4) is 0 Å². The fourth-order valence-corrected chi connectivity index (χ4v) is 2.97. The zero-order valence-electron chi connectivity index (χ0n) is 16.2. The summed E-state index contributed by atoms with van der Waals surface area (Å²) >= 11 is 5.94. The number of aliphatic imine (C=N–C) groups is 1. The molecule has 27 heavy (non-hydrogen) atoms. The number of piperazine rings is 1. The molecule has 0 atom stereocenters. The number of ether oxygens (including phenoxy) is 1. The first-order valence-electron chi connectivity index (χ1n) is 9.52. The van der Waals surface area contributed by atoms with Crippen molar-refractivity contribution < 1.29 is 9.53 Å². The number of nitrogens with one attached hydrogen (secondary N) is 2. The van der Waals surface area contributed by atoms with Gasteiger partial charge in [0.15, 0.2) is 5.96 Å². The maximum Gasteiger partial charge on any atom is 0.244 e. The summed E-state index contributed by atoms with van der Waals surface area (Å²) in [6, 6.07) is 7.81. The number of guanidine groups is 1. The minimum absolute atomic E-state index is 0.0489. The molecule has 7 nitrogen and oxygen atoms in total. The summed E-state index contributed by atoms with van der Waals surface area (Å²) in [5.41, 5.74) is 1.14. The number of hydrogen-bond donors (Lipinski definition) is 2. The van der Waals surface area contributed by atoms with Gasteiger partial charge in [0.25, 0.3) is 0 Å². The van der Waals surface area contributed by atoms with E-state index < -0.39 is 0 Å². The van der Waals surface area contributed by atoms with Crippen molar-refractivity contribution in [2.45, 2.75) is 13.8 Å². The van der Waals surface area contributed by atoms with Gasteiger partial charge in [0.2, 0.25) is 5.91 Å². The second-order valence-electron chi connectivity index (χ2n) is 6.16. The van der Waals surface area contributed by atoms with Crippen LogP contribution in [0.15, 0.2) is 29.3 Å². The molecule has 0 saturated carbocycles. The van der Waals surface area contributed by atoms with E-state index in [1.807, 2.05) is 43.0 Å². The Morgan fingerprint density at radius 2 is 1.85 bits per heavy atom. The van der Waals surface area contributed by atoms with E-state index >= 15 is 0 Å². The van der Waals surface area contributed by atoms with Crippen LogP contribution in [0.25, 0.3) is 0 Å². The third-order valence-electron chi connectivity index (χ3n) is 4.28. The number of carbonyl (C=O) groups is 1. The lowest BCUT2D eigenvalue weighted by molar-refractivity contribution is -0.129. The summed E-state index contributed by atoms with van der Waals surface area (Å²) in [4.78, 5) is 21.0. The summed E-state index contributed by atoms with van der Waals surface area (Å²) in [6.07, 6.45) is 0. The van der Waals surface area contributed by atoms with E-state index in [-0.39, 0.29) is 12.5 Å². The Hall–Kier alpha value is -1.99. The molecular formula is C19H30ClN5O2. The van der Waals surface area contributed by atoms with E-state index in [1.54, 1.807) is 0 Å². The van der Waals surface area contributed by atoms with Gasteiger partial charge in [0, 0.05) is 56.6 Å². The highest BCUT2D eigenvalue weighted by Gasteiger charge is 2.21. The number of benzene rings is 1. The van der Waals surface area contributed by atoms with Crippen LogP contribution < -0.4 is 15.5 Å². The third kappa shape index (κ3) is 7.27. The van der Waals surface area contributed by atoms with Gasteiger partial charge in [0.1, 0.15) is 6.54 Å². The summed E-state index contributed by atoms with van der Waals surface area (Å²) in [7, 11) is 0. The van der Waals surface area contributed by atoms with Crippen LogP contribution in [0.2, 0.25) is 5.02 Å². The molecule has 1 saturated heterocycles. The number of anilines is 1. The molecule has 1 aromatic rings. The molecule has 0 spiro atoms. The van der Waals surface area contributed by atoms with Gasteiger partial charge in [-0.1, -0.05) is 11.6 Å². The highest BCUT2D eigenvalue weighted by molar-refractivity contribution is 6.30. The van der Waals surface area contributed by atoms with Gasteiger partial charge in [-0.15, -0.1) is 0 Å². The van der Waals surface area contributed by atoms with Gasteiger partial charge >= 0.3 is 0 Å². The Kier molecular flexibility index (Phi) is 9.21. The van der Waals surface area contributed by atoms with Gasteiger partial charge in [-0.05, 0) is 38.1 Å². The van der Waals surface area contributed by atoms with E-state index in [1.165, 1.54) is 0 Å².